The van der Waals surface area contributed by atoms with E-state index in [2.05, 4.69) is 12.6 Å². The second kappa shape index (κ2) is 6.39. The maximum Gasteiger partial charge on any atom is 0.491 e. The van der Waals surface area contributed by atoms with E-state index in [0.29, 0.717) is 11.0 Å². The Morgan fingerprint density at radius 1 is 1.17 bits per heavy atom. The monoisotopic (exact) mass is 362 g/mol. The van der Waals surface area contributed by atoms with Crippen LogP contribution in [0.3, 0.4) is 0 Å². The third kappa shape index (κ3) is 3.81. The molecule has 8 heteroatoms. The van der Waals surface area contributed by atoms with E-state index in [1.54, 1.807) is 6.08 Å². The van der Waals surface area contributed by atoms with Gasteiger partial charge in [-0.2, -0.15) is 25.8 Å². The van der Waals surface area contributed by atoms with E-state index in [1.807, 2.05) is 27.7 Å². The molecule has 0 unspecified atom stereocenters. The van der Waals surface area contributed by atoms with Gasteiger partial charge in [0, 0.05) is 5.75 Å². The average molecular weight is 362 g/mol. The van der Waals surface area contributed by atoms with E-state index >= 15 is 0 Å². The lowest BCUT2D eigenvalue weighted by molar-refractivity contribution is -0.140. The van der Waals surface area contributed by atoms with Crippen molar-refractivity contribution in [2.45, 2.75) is 45.1 Å². The van der Waals surface area contributed by atoms with Gasteiger partial charge < -0.3 is 9.31 Å². The summed E-state index contributed by atoms with van der Waals surface area (Å²) >= 11 is 4.22. The summed E-state index contributed by atoms with van der Waals surface area (Å²) < 4.78 is 63.3. The van der Waals surface area contributed by atoms with Gasteiger partial charge in [0.05, 0.1) is 16.8 Å². The minimum Gasteiger partial charge on any atom is -0.400 e. The molecule has 2 nitrogen and oxygen atoms in total. The first kappa shape index (κ1) is 19.3. The van der Waals surface area contributed by atoms with Crippen molar-refractivity contribution in [1.82, 2.24) is 0 Å². The number of benzene rings is 1. The Morgan fingerprint density at radius 2 is 1.71 bits per heavy atom. The van der Waals surface area contributed by atoms with Gasteiger partial charge in [-0.1, -0.05) is 12.1 Å². The number of rotatable bonds is 3. The first-order valence-corrected chi connectivity index (χ1v) is 8.04. The van der Waals surface area contributed by atoms with E-state index in [0.717, 1.165) is 12.1 Å². The highest BCUT2D eigenvalue weighted by Gasteiger charge is 2.52. The van der Waals surface area contributed by atoms with Gasteiger partial charge in [-0.05, 0) is 50.9 Å². The Kier molecular flexibility index (Phi) is 5.15. The van der Waals surface area contributed by atoms with Crippen LogP contribution in [0.25, 0.3) is 6.08 Å². The summed E-state index contributed by atoms with van der Waals surface area (Å²) in [6.45, 7) is 7.56. The van der Waals surface area contributed by atoms with Crippen LogP contribution in [-0.2, 0) is 15.5 Å². The molecule has 0 bridgehead atoms. The second-order valence-corrected chi connectivity index (χ2v) is 7.02. The third-order valence-corrected chi connectivity index (χ3v) is 4.75. The molecule has 1 fully saturated rings. The van der Waals surface area contributed by atoms with Crippen molar-refractivity contribution in [2.75, 3.05) is 5.75 Å². The summed E-state index contributed by atoms with van der Waals surface area (Å²) in [5, 5.41) is 0. The number of thiol groups is 1. The lowest BCUT2D eigenvalue weighted by Gasteiger charge is -2.32. The van der Waals surface area contributed by atoms with Crippen molar-refractivity contribution in [3.63, 3.8) is 0 Å². The average Bonchev–Trinajstić information content (AvgIpc) is 2.63. The molecule has 132 valence electrons. The highest BCUT2D eigenvalue weighted by molar-refractivity contribution is 7.80. The van der Waals surface area contributed by atoms with Crippen LogP contribution < -0.4 is 0 Å². The van der Waals surface area contributed by atoms with Crippen molar-refractivity contribution in [2.24, 2.45) is 0 Å². The van der Waals surface area contributed by atoms with Gasteiger partial charge >= 0.3 is 13.3 Å². The third-order valence-electron chi connectivity index (χ3n) is 4.39. The molecule has 1 aliphatic rings. The number of hydrogen-bond donors (Lipinski definition) is 1. The smallest absolute Gasteiger partial charge is 0.400 e. The van der Waals surface area contributed by atoms with Crippen LogP contribution in [0.5, 0.6) is 0 Å². The molecular formula is C16H19BF4O2S. The minimum atomic E-state index is -4.72. The van der Waals surface area contributed by atoms with Gasteiger partial charge in [-0.25, -0.2) is 4.39 Å². The maximum atomic E-state index is 13.7. The molecule has 24 heavy (non-hydrogen) atoms. The largest absolute Gasteiger partial charge is 0.491 e. The Labute approximate surface area is 144 Å². The maximum absolute atomic E-state index is 13.7. The molecule has 1 saturated heterocycles. The summed E-state index contributed by atoms with van der Waals surface area (Å²) in [5.74, 6) is -1.05. The fourth-order valence-electron chi connectivity index (χ4n) is 2.25. The Morgan fingerprint density at radius 3 is 2.12 bits per heavy atom. The lowest BCUT2D eigenvalue weighted by Crippen LogP contribution is -2.41. The Bertz CT molecular complexity index is 640. The molecule has 0 amide bonds. The van der Waals surface area contributed by atoms with Gasteiger partial charge in [0.15, 0.2) is 0 Å². The zero-order valence-electron chi connectivity index (χ0n) is 13.9. The zero-order chi connectivity index (χ0) is 18.3. The first-order chi connectivity index (χ1) is 10.9. The molecule has 0 saturated carbocycles. The van der Waals surface area contributed by atoms with Gasteiger partial charge in [0.25, 0.3) is 0 Å². The van der Waals surface area contributed by atoms with Crippen molar-refractivity contribution in [3.05, 3.63) is 40.6 Å². The molecule has 1 aliphatic heterocycles. The molecule has 1 heterocycles. The molecule has 0 radical (unpaired) electrons. The molecule has 0 spiro atoms. The summed E-state index contributed by atoms with van der Waals surface area (Å²) in [6, 6.07) is 2.78. The molecule has 0 atom stereocenters. The highest BCUT2D eigenvalue weighted by Crippen LogP contribution is 2.39. The quantitative estimate of drug-likeness (QED) is 0.474. The van der Waals surface area contributed by atoms with Crippen LogP contribution in [-0.4, -0.2) is 24.1 Å². The molecule has 1 aromatic rings. The molecular weight excluding hydrogens is 343 g/mol. The van der Waals surface area contributed by atoms with Gasteiger partial charge in [0.1, 0.15) is 5.82 Å². The summed E-state index contributed by atoms with van der Waals surface area (Å²) in [5.41, 5.74) is -1.49. The van der Waals surface area contributed by atoms with Gasteiger partial charge in [-0.3, -0.25) is 0 Å². The zero-order valence-corrected chi connectivity index (χ0v) is 14.8. The SMILES string of the molecule is CC1(C)OB(C(=Cc2ccc(C(F)(F)F)c(F)c2)CS)OC1(C)C. The topological polar surface area (TPSA) is 18.5 Å². The van der Waals surface area contributed by atoms with Crippen LogP contribution >= 0.6 is 12.6 Å². The molecule has 0 aromatic heterocycles. The van der Waals surface area contributed by atoms with Crippen molar-refractivity contribution >= 4 is 25.8 Å². The first-order valence-electron chi connectivity index (χ1n) is 7.41. The summed E-state index contributed by atoms with van der Waals surface area (Å²) in [7, 11) is -0.683. The van der Waals surface area contributed by atoms with E-state index in [9.17, 15) is 17.6 Å². The van der Waals surface area contributed by atoms with Crippen LogP contribution in [0.2, 0.25) is 0 Å². The summed E-state index contributed by atoms with van der Waals surface area (Å²) in [4.78, 5) is 0. The van der Waals surface area contributed by atoms with Gasteiger partial charge in [-0.15, -0.1) is 0 Å². The number of hydrogen-bond acceptors (Lipinski definition) is 3. The molecule has 1 aromatic carbocycles. The molecule has 0 aliphatic carbocycles. The van der Waals surface area contributed by atoms with Crippen molar-refractivity contribution in [1.29, 1.82) is 0 Å². The second-order valence-electron chi connectivity index (χ2n) is 6.70. The van der Waals surface area contributed by atoms with E-state index in [4.69, 9.17) is 9.31 Å². The highest BCUT2D eigenvalue weighted by atomic mass is 32.1. The predicted octanol–water partition coefficient (Wildman–Crippen LogP) is 4.79. The van der Waals surface area contributed by atoms with Crippen LogP contribution in [0.4, 0.5) is 17.6 Å². The van der Waals surface area contributed by atoms with E-state index in [1.165, 1.54) is 6.07 Å². The van der Waals surface area contributed by atoms with E-state index in [-0.39, 0.29) is 5.75 Å². The van der Waals surface area contributed by atoms with Crippen LogP contribution in [0.1, 0.15) is 38.8 Å². The fourth-order valence-corrected chi connectivity index (χ4v) is 2.49. The molecule has 0 N–H and O–H groups in total. The Balaban J connectivity index is 2.31. The Hall–Kier alpha value is -0.985. The number of halogens is 4. The van der Waals surface area contributed by atoms with E-state index < -0.39 is 35.9 Å². The summed E-state index contributed by atoms with van der Waals surface area (Å²) in [6.07, 6.45) is -3.18. The normalized spacial score (nSPS) is 20.5. The van der Waals surface area contributed by atoms with Crippen molar-refractivity contribution < 1.29 is 26.9 Å². The standard InChI is InChI=1S/C16H19BF4O2S/c1-14(2)15(3,4)23-17(22-14)11(9-24)7-10-5-6-12(13(18)8-10)16(19,20)21/h5-8,24H,9H2,1-4H3. The number of alkyl halides is 3. The fraction of sp³-hybridized carbons (Fsp3) is 0.500. The predicted molar refractivity (Wildman–Crippen MR) is 89.3 cm³/mol. The van der Waals surface area contributed by atoms with Crippen LogP contribution in [0.15, 0.2) is 23.7 Å². The van der Waals surface area contributed by atoms with Gasteiger partial charge in [0.2, 0.25) is 0 Å². The lowest BCUT2D eigenvalue weighted by atomic mass is 9.78. The minimum absolute atomic E-state index is 0.263. The van der Waals surface area contributed by atoms with Crippen LogP contribution in [0, 0.1) is 5.82 Å². The van der Waals surface area contributed by atoms with Crippen molar-refractivity contribution in [3.8, 4) is 0 Å². The molecule has 2 rings (SSSR count).